The molecule has 3 aromatic rings. The van der Waals surface area contributed by atoms with Crippen molar-refractivity contribution in [2.24, 2.45) is 0 Å². The lowest BCUT2D eigenvalue weighted by molar-refractivity contribution is 0.0457. The largest absolute Gasteiger partial charge is 0.489 e. The topological polar surface area (TPSA) is 121 Å². The van der Waals surface area contributed by atoms with Crippen molar-refractivity contribution in [3.05, 3.63) is 50.7 Å². The number of pyridine rings is 1. The number of unbranched alkanes of at least 4 members (excludes halogenated alkanes) is 1. The van der Waals surface area contributed by atoms with Gasteiger partial charge in [0.05, 0.1) is 17.9 Å². The summed E-state index contributed by atoms with van der Waals surface area (Å²) in [5, 5.41) is 0. The SMILES string of the molecule is CCCCn1c(=O)[nH]c(=O)c2c1nc(COC(=O)c1cncc(OC(C)C)c1)n2CCC. The number of nitrogens with zero attached hydrogens (tertiary/aromatic N) is 4. The van der Waals surface area contributed by atoms with Crippen molar-refractivity contribution in [2.75, 3.05) is 0 Å². The molecule has 3 rings (SSSR count). The molecule has 3 heterocycles. The van der Waals surface area contributed by atoms with Gasteiger partial charge in [0.15, 0.2) is 11.2 Å². The number of esters is 1. The van der Waals surface area contributed by atoms with Gasteiger partial charge in [0.2, 0.25) is 0 Å². The minimum Gasteiger partial charge on any atom is -0.489 e. The lowest BCUT2D eigenvalue weighted by Gasteiger charge is -2.11. The van der Waals surface area contributed by atoms with E-state index in [-0.39, 0.29) is 18.3 Å². The summed E-state index contributed by atoms with van der Waals surface area (Å²) in [5.41, 5.74) is -0.130. The average molecular weight is 444 g/mol. The van der Waals surface area contributed by atoms with Gasteiger partial charge in [-0.15, -0.1) is 0 Å². The van der Waals surface area contributed by atoms with E-state index in [0.717, 1.165) is 19.3 Å². The van der Waals surface area contributed by atoms with Gasteiger partial charge < -0.3 is 14.0 Å². The summed E-state index contributed by atoms with van der Waals surface area (Å²) < 4.78 is 14.2. The minimum atomic E-state index is -0.584. The van der Waals surface area contributed by atoms with E-state index in [1.54, 1.807) is 10.6 Å². The van der Waals surface area contributed by atoms with Crippen LogP contribution in [0.25, 0.3) is 11.2 Å². The summed E-state index contributed by atoms with van der Waals surface area (Å²) in [6.45, 7) is 8.54. The number of imidazole rings is 1. The molecule has 10 heteroatoms. The molecule has 0 fully saturated rings. The molecule has 0 aromatic carbocycles. The molecule has 0 aliphatic rings. The number of aromatic amines is 1. The molecular formula is C22H29N5O5. The second-order valence-corrected chi connectivity index (χ2v) is 7.77. The molecule has 0 atom stereocenters. The van der Waals surface area contributed by atoms with Crippen LogP contribution in [0.1, 0.15) is 63.1 Å². The van der Waals surface area contributed by atoms with Crippen LogP contribution in [0, 0.1) is 0 Å². The maximum absolute atomic E-state index is 12.6. The molecular weight excluding hydrogens is 414 g/mol. The molecule has 0 bridgehead atoms. The molecule has 172 valence electrons. The normalized spacial score (nSPS) is 11.3. The Hall–Kier alpha value is -3.43. The molecule has 10 nitrogen and oxygen atoms in total. The average Bonchev–Trinajstić information content (AvgIpc) is 3.10. The summed E-state index contributed by atoms with van der Waals surface area (Å²) >= 11 is 0. The summed E-state index contributed by atoms with van der Waals surface area (Å²) in [6, 6.07) is 1.57. The van der Waals surface area contributed by atoms with E-state index in [2.05, 4.69) is 15.0 Å². The number of carbonyl (C=O) groups excluding carboxylic acids is 1. The van der Waals surface area contributed by atoms with Gasteiger partial charge in [-0.25, -0.2) is 14.6 Å². The number of ether oxygens (including phenoxy) is 2. The first-order chi connectivity index (χ1) is 15.3. The second kappa shape index (κ2) is 10.3. The molecule has 1 N–H and O–H groups in total. The predicted octanol–water partition coefficient (Wildman–Crippen LogP) is 2.64. The highest BCUT2D eigenvalue weighted by atomic mass is 16.5. The van der Waals surface area contributed by atoms with Crippen LogP contribution in [0.4, 0.5) is 0 Å². The molecule has 0 saturated heterocycles. The molecule has 0 radical (unpaired) electrons. The van der Waals surface area contributed by atoms with Gasteiger partial charge in [-0.3, -0.25) is 19.3 Å². The Kier molecular flexibility index (Phi) is 7.45. The van der Waals surface area contributed by atoms with E-state index in [1.165, 1.54) is 17.0 Å². The Bertz CT molecular complexity index is 1210. The molecule has 0 unspecified atom stereocenters. The molecule has 3 aromatic heterocycles. The summed E-state index contributed by atoms with van der Waals surface area (Å²) in [7, 11) is 0. The Morgan fingerprint density at radius 3 is 2.59 bits per heavy atom. The number of aromatic nitrogens is 5. The number of nitrogens with one attached hydrogen (secondary N) is 1. The first-order valence-corrected chi connectivity index (χ1v) is 10.9. The Labute approximate surface area is 185 Å². The van der Waals surface area contributed by atoms with Crippen LogP contribution in [0.15, 0.2) is 28.0 Å². The fourth-order valence-electron chi connectivity index (χ4n) is 3.40. The van der Waals surface area contributed by atoms with E-state index >= 15 is 0 Å². The molecule has 0 saturated carbocycles. The van der Waals surface area contributed by atoms with Crippen LogP contribution in [0.3, 0.4) is 0 Å². The third-order valence-corrected chi connectivity index (χ3v) is 4.80. The monoisotopic (exact) mass is 443 g/mol. The zero-order chi connectivity index (χ0) is 23.3. The van der Waals surface area contributed by atoms with Gasteiger partial charge in [0.25, 0.3) is 5.56 Å². The van der Waals surface area contributed by atoms with Gasteiger partial charge in [0.1, 0.15) is 18.2 Å². The smallest absolute Gasteiger partial charge is 0.340 e. The molecule has 0 aliphatic heterocycles. The van der Waals surface area contributed by atoms with Crippen molar-refractivity contribution >= 4 is 17.1 Å². The van der Waals surface area contributed by atoms with Gasteiger partial charge in [-0.05, 0) is 32.8 Å². The van der Waals surface area contributed by atoms with Crippen LogP contribution < -0.4 is 16.0 Å². The van der Waals surface area contributed by atoms with Crippen molar-refractivity contribution in [1.82, 2.24) is 24.1 Å². The van der Waals surface area contributed by atoms with E-state index in [4.69, 9.17) is 9.47 Å². The van der Waals surface area contributed by atoms with Crippen LogP contribution >= 0.6 is 0 Å². The number of aryl methyl sites for hydroxylation is 2. The number of hydrogen-bond acceptors (Lipinski definition) is 7. The van der Waals surface area contributed by atoms with Crippen molar-refractivity contribution < 1.29 is 14.3 Å². The minimum absolute atomic E-state index is 0.0552. The molecule has 0 amide bonds. The summed E-state index contributed by atoms with van der Waals surface area (Å²) in [5.74, 6) is 0.289. The van der Waals surface area contributed by atoms with Crippen LogP contribution in [-0.2, 0) is 24.4 Å². The summed E-state index contributed by atoms with van der Waals surface area (Å²) in [6.07, 6.45) is 5.27. The Morgan fingerprint density at radius 2 is 1.91 bits per heavy atom. The van der Waals surface area contributed by atoms with Crippen LogP contribution in [0.5, 0.6) is 5.75 Å². The van der Waals surface area contributed by atoms with Gasteiger partial charge in [-0.2, -0.15) is 0 Å². The van der Waals surface area contributed by atoms with Crippen molar-refractivity contribution in [2.45, 2.75) is 72.8 Å². The second-order valence-electron chi connectivity index (χ2n) is 7.77. The van der Waals surface area contributed by atoms with Crippen LogP contribution in [0.2, 0.25) is 0 Å². The number of rotatable bonds is 10. The van der Waals surface area contributed by atoms with Crippen molar-refractivity contribution in [1.29, 1.82) is 0 Å². The number of carbonyl (C=O) groups is 1. The van der Waals surface area contributed by atoms with E-state index < -0.39 is 17.2 Å². The van der Waals surface area contributed by atoms with Gasteiger partial charge in [0, 0.05) is 19.3 Å². The number of hydrogen-bond donors (Lipinski definition) is 1. The standard InChI is InChI=1S/C22H29N5O5/c1-5-7-9-27-19-18(20(28)25-22(27)30)26(8-6-2)17(24-19)13-31-21(29)15-10-16(12-23-11-15)32-14(3)4/h10-12,14H,5-9,13H2,1-4H3,(H,25,28,30). The third-order valence-electron chi connectivity index (χ3n) is 4.80. The highest BCUT2D eigenvalue weighted by Crippen LogP contribution is 2.17. The number of fused-ring (bicyclic) bond motifs is 1. The fraction of sp³-hybridized carbons (Fsp3) is 0.500. The van der Waals surface area contributed by atoms with E-state index in [0.29, 0.717) is 35.8 Å². The zero-order valence-electron chi connectivity index (χ0n) is 18.9. The van der Waals surface area contributed by atoms with Crippen molar-refractivity contribution in [3.8, 4) is 5.75 Å². The van der Waals surface area contributed by atoms with Gasteiger partial charge in [-0.1, -0.05) is 20.3 Å². The van der Waals surface area contributed by atoms with E-state index in [1.807, 2.05) is 27.7 Å². The first-order valence-electron chi connectivity index (χ1n) is 10.9. The van der Waals surface area contributed by atoms with E-state index in [9.17, 15) is 14.4 Å². The van der Waals surface area contributed by atoms with Crippen LogP contribution in [-0.4, -0.2) is 36.2 Å². The fourth-order valence-corrected chi connectivity index (χ4v) is 3.40. The maximum Gasteiger partial charge on any atom is 0.340 e. The third kappa shape index (κ3) is 5.06. The predicted molar refractivity (Wildman–Crippen MR) is 119 cm³/mol. The first kappa shape index (κ1) is 23.2. The quantitative estimate of drug-likeness (QED) is 0.478. The lowest BCUT2D eigenvalue weighted by Crippen LogP contribution is -2.31. The Morgan fingerprint density at radius 1 is 1.12 bits per heavy atom. The molecule has 0 aliphatic carbocycles. The lowest BCUT2D eigenvalue weighted by atomic mass is 10.3. The molecule has 0 spiro atoms. The van der Waals surface area contributed by atoms with Crippen molar-refractivity contribution in [3.63, 3.8) is 0 Å². The highest BCUT2D eigenvalue weighted by Gasteiger charge is 2.20. The number of H-pyrrole nitrogens is 1. The van der Waals surface area contributed by atoms with Gasteiger partial charge >= 0.3 is 11.7 Å². The molecule has 32 heavy (non-hydrogen) atoms. The maximum atomic E-state index is 12.6. The Balaban J connectivity index is 1.92. The summed E-state index contributed by atoms with van der Waals surface area (Å²) in [4.78, 5) is 48.4. The zero-order valence-corrected chi connectivity index (χ0v) is 18.9. The highest BCUT2D eigenvalue weighted by molar-refractivity contribution is 5.89.